The second-order valence-electron chi connectivity index (χ2n) is 5.25. The van der Waals surface area contributed by atoms with E-state index in [4.69, 9.17) is 5.73 Å². The van der Waals surface area contributed by atoms with E-state index in [1.165, 1.54) is 0 Å². The molecule has 106 valence electrons. The summed E-state index contributed by atoms with van der Waals surface area (Å²) in [5, 5.41) is 2.86. The molecule has 1 heterocycles. The van der Waals surface area contributed by atoms with Crippen molar-refractivity contribution in [2.24, 2.45) is 5.73 Å². The van der Waals surface area contributed by atoms with E-state index in [0.29, 0.717) is 25.6 Å². The summed E-state index contributed by atoms with van der Waals surface area (Å²) in [6.45, 7) is 8.61. The highest BCUT2D eigenvalue weighted by atomic mass is 16.1. The molecular weight excluding hydrogens is 228 g/mol. The van der Waals surface area contributed by atoms with Crippen molar-refractivity contribution in [2.45, 2.75) is 38.8 Å². The van der Waals surface area contributed by atoms with Gasteiger partial charge in [0.05, 0.1) is 0 Å². The molecule has 0 aromatic rings. The maximum atomic E-state index is 11.7. The molecule has 1 rings (SSSR count). The van der Waals surface area contributed by atoms with Crippen LogP contribution >= 0.6 is 0 Å². The quantitative estimate of drug-likeness (QED) is 0.719. The van der Waals surface area contributed by atoms with E-state index < -0.39 is 0 Å². The van der Waals surface area contributed by atoms with Crippen molar-refractivity contribution in [2.75, 3.05) is 39.8 Å². The molecule has 2 atom stereocenters. The molecule has 0 spiro atoms. The molecule has 3 N–H and O–H groups in total. The van der Waals surface area contributed by atoms with Crippen LogP contribution in [-0.2, 0) is 4.79 Å². The van der Waals surface area contributed by atoms with Gasteiger partial charge < -0.3 is 16.0 Å². The first kappa shape index (κ1) is 15.4. The summed E-state index contributed by atoms with van der Waals surface area (Å²) in [6.07, 6.45) is 1.66. The molecule has 0 aromatic carbocycles. The number of nitrogens with two attached hydrogens (primary N) is 1. The molecule has 0 bridgehead atoms. The number of hydrogen-bond acceptors (Lipinski definition) is 4. The predicted octanol–water partition coefficient (Wildman–Crippen LogP) is -0.134. The monoisotopic (exact) mass is 256 g/mol. The Labute approximate surface area is 111 Å². The fraction of sp³-hybridized carbons (Fsp3) is 0.923. The molecule has 18 heavy (non-hydrogen) atoms. The van der Waals surface area contributed by atoms with Crippen molar-refractivity contribution in [1.29, 1.82) is 0 Å². The number of amides is 1. The molecule has 1 saturated heterocycles. The largest absolute Gasteiger partial charge is 0.356 e. The summed E-state index contributed by atoms with van der Waals surface area (Å²) in [5.41, 5.74) is 5.86. The van der Waals surface area contributed by atoms with E-state index in [2.05, 4.69) is 29.1 Å². The Balaban J connectivity index is 2.59. The lowest BCUT2D eigenvalue weighted by molar-refractivity contribution is -0.122. The summed E-state index contributed by atoms with van der Waals surface area (Å²) in [7, 11) is 2.15. The van der Waals surface area contributed by atoms with Gasteiger partial charge in [-0.1, -0.05) is 0 Å². The zero-order valence-electron chi connectivity index (χ0n) is 12.0. The van der Waals surface area contributed by atoms with Gasteiger partial charge in [-0.15, -0.1) is 0 Å². The Morgan fingerprint density at radius 2 is 2.22 bits per heavy atom. The lowest BCUT2D eigenvalue weighted by atomic mass is 10.1. The van der Waals surface area contributed by atoms with Gasteiger partial charge in [0.1, 0.15) is 0 Å². The van der Waals surface area contributed by atoms with Gasteiger partial charge >= 0.3 is 0 Å². The van der Waals surface area contributed by atoms with Gasteiger partial charge in [0.25, 0.3) is 0 Å². The lowest BCUT2D eigenvalue weighted by Crippen LogP contribution is -2.49. The molecule has 1 aliphatic heterocycles. The number of nitrogens with zero attached hydrogens (tertiary/aromatic N) is 2. The molecular formula is C13H28N4O. The number of nitrogens with one attached hydrogen (secondary N) is 1. The Bertz CT molecular complexity index is 259. The average molecular weight is 256 g/mol. The van der Waals surface area contributed by atoms with Crippen LogP contribution in [0.3, 0.4) is 0 Å². The van der Waals surface area contributed by atoms with Crippen LogP contribution in [0.4, 0.5) is 0 Å². The highest BCUT2D eigenvalue weighted by Crippen LogP contribution is 2.14. The summed E-state index contributed by atoms with van der Waals surface area (Å²) < 4.78 is 0. The third-order valence-corrected chi connectivity index (χ3v) is 3.63. The number of rotatable bonds is 5. The lowest BCUT2D eigenvalue weighted by Gasteiger charge is -2.34. The fourth-order valence-corrected chi connectivity index (χ4v) is 2.75. The van der Waals surface area contributed by atoms with Crippen LogP contribution in [0.2, 0.25) is 0 Å². The molecule has 5 heteroatoms. The van der Waals surface area contributed by atoms with Gasteiger partial charge in [0.15, 0.2) is 0 Å². The second-order valence-corrected chi connectivity index (χ2v) is 5.25. The number of carbonyl (C=O) groups excluding carboxylic acids is 1. The van der Waals surface area contributed by atoms with Crippen molar-refractivity contribution in [3.05, 3.63) is 0 Å². The summed E-state index contributed by atoms with van der Waals surface area (Å²) >= 11 is 0. The molecule has 0 aliphatic carbocycles. The summed E-state index contributed by atoms with van der Waals surface area (Å²) in [4.78, 5) is 16.5. The van der Waals surface area contributed by atoms with Crippen LogP contribution in [0.1, 0.15) is 26.7 Å². The van der Waals surface area contributed by atoms with Gasteiger partial charge in [-0.05, 0) is 33.9 Å². The van der Waals surface area contributed by atoms with Gasteiger partial charge in [-0.25, -0.2) is 0 Å². The Morgan fingerprint density at radius 1 is 1.50 bits per heavy atom. The normalized spacial score (nSPS) is 24.6. The number of carbonyl (C=O) groups is 1. The van der Waals surface area contributed by atoms with Crippen LogP contribution in [-0.4, -0.2) is 67.6 Å². The van der Waals surface area contributed by atoms with Gasteiger partial charge in [0, 0.05) is 44.7 Å². The highest BCUT2D eigenvalue weighted by Gasteiger charge is 2.27. The predicted molar refractivity (Wildman–Crippen MR) is 74.4 cm³/mol. The van der Waals surface area contributed by atoms with Crippen molar-refractivity contribution >= 4 is 5.91 Å². The van der Waals surface area contributed by atoms with E-state index in [1.807, 2.05) is 6.92 Å². The molecule has 0 radical (unpaired) electrons. The summed E-state index contributed by atoms with van der Waals surface area (Å²) in [5.74, 6) is 0.109. The molecule has 0 aromatic heterocycles. The first-order valence-corrected chi connectivity index (χ1v) is 6.99. The average Bonchev–Trinajstić information content (AvgIpc) is 2.47. The van der Waals surface area contributed by atoms with Crippen LogP contribution in [0.15, 0.2) is 0 Å². The minimum absolute atomic E-state index is 0.109. The van der Waals surface area contributed by atoms with Crippen molar-refractivity contribution < 1.29 is 4.79 Å². The van der Waals surface area contributed by atoms with E-state index in [1.54, 1.807) is 0 Å². The molecule has 5 nitrogen and oxygen atoms in total. The zero-order chi connectivity index (χ0) is 13.5. The first-order valence-electron chi connectivity index (χ1n) is 6.99. The zero-order valence-corrected chi connectivity index (χ0v) is 12.0. The van der Waals surface area contributed by atoms with Crippen LogP contribution in [0, 0.1) is 0 Å². The number of likely N-dealkylation sites (N-methyl/N-ethyl adjacent to an activating group) is 1. The van der Waals surface area contributed by atoms with Crippen molar-refractivity contribution in [3.63, 3.8) is 0 Å². The van der Waals surface area contributed by atoms with E-state index in [0.717, 1.165) is 26.1 Å². The summed E-state index contributed by atoms with van der Waals surface area (Å²) in [6, 6.07) is 0.624. The van der Waals surface area contributed by atoms with Crippen LogP contribution < -0.4 is 11.1 Å². The Morgan fingerprint density at radius 3 is 2.83 bits per heavy atom. The van der Waals surface area contributed by atoms with Gasteiger partial charge in [-0.3, -0.25) is 9.69 Å². The Kier molecular flexibility index (Phi) is 6.60. The topological polar surface area (TPSA) is 61.6 Å². The van der Waals surface area contributed by atoms with Crippen LogP contribution in [0.5, 0.6) is 0 Å². The van der Waals surface area contributed by atoms with Crippen molar-refractivity contribution in [3.8, 4) is 0 Å². The molecule has 2 unspecified atom stereocenters. The first-order chi connectivity index (χ1) is 8.58. The van der Waals surface area contributed by atoms with E-state index >= 15 is 0 Å². The minimum Gasteiger partial charge on any atom is -0.356 e. The highest BCUT2D eigenvalue weighted by molar-refractivity contribution is 5.76. The van der Waals surface area contributed by atoms with Crippen LogP contribution in [0.25, 0.3) is 0 Å². The van der Waals surface area contributed by atoms with Gasteiger partial charge in [-0.2, -0.15) is 0 Å². The molecule has 1 fully saturated rings. The minimum atomic E-state index is 0.109. The Hall–Kier alpha value is -0.650. The van der Waals surface area contributed by atoms with Crippen molar-refractivity contribution in [1.82, 2.24) is 15.1 Å². The smallest absolute Gasteiger partial charge is 0.221 e. The standard InChI is InChI=1S/C13H28N4O/c1-4-15-13(18)8-12(9-14)17-7-5-6-16(3)10-11(17)2/h11-12H,4-10,14H2,1-3H3,(H,15,18). The van der Waals surface area contributed by atoms with E-state index in [-0.39, 0.29) is 11.9 Å². The third kappa shape index (κ3) is 4.55. The molecule has 0 saturated carbocycles. The molecule has 1 aliphatic rings. The maximum Gasteiger partial charge on any atom is 0.221 e. The van der Waals surface area contributed by atoms with E-state index in [9.17, 15) is 4.79 Å². The third-order valence-electron chi connectivity index (χ3n) is 3.63. The second kappa shape index (κ2) is 7.71. The fourth-order valence-electron chi connectivity index (χ4n) is 2.75. The molecule has 1 amide bonds. The SMILES string of the molecule is CCNC(=O)CC(CN)N1CCCN(C)CC1C. The maximum absolute atomic E-state index is 11.7. The number of hydrogen-bond donors (Lipinski definition) is 2. The van der Waals surface area contributed by atoms with Gasteiger partial charge in [0.2, 0.25) is 5.91 Å².